The van der Waals surface area contributed by atoms with Gasteiger partial charge in [0.1, 0.15) is 0 Å². The molecule has 11 heavy (non-hydrogen) atoms. The van der Waals surface area contributed by atoms with Gasteiger partial charge in [0.15, 0.2) is 0 Å². The highest BCUT2D eigenvalue weighted by Crippen LogP contribution is 2.20. The van der Waals surface area contributed by atoms with Gasteiger partial charge < -0.3 is 0 Å². The lowest BCUT2D eigenvalue weighted by Crippen LogP contribution is -2.29. The highest BCUT2D eigenvalue weighted by atomic mass is 17.2. The molecular weight excluding hydrogens is 140 g/mol. The first kappa shape index (κ1) is 10.9. The molecule has 0 aromatic rings. The van der Waals surface area contributed by atoms with Gasteiger partial charge in [-0.25, -0.2) is 9.78 Å². The molecule has 0 amide bonds. The van der Waals surface area contributed by atoms with Crippen LogP contribution >= 0.6 is 0 Å². The van der Waals surface area contributed by atoms with E-state index in [-0.39, 0.29) is 5.60 Å². The summed E-state index contributed by atoms with van der Waals surface area (Å²) in [7, 11) is 0. The van der Waals surface area contributed by atoms with E-state index in [9.17, 15) is 0 Å². The molecule has 2 heteroatoms. The van der Waals surface area contributed by atoms with Gasteiger partial charge in [0.2, 0.25) is 0 Å². The van der Waals surface area contributed by atoms with Gasteiger partial charge in [0.05, 0.1) is 12.2 Å². The lowest BCUT2D eigenvalue weighted by molar-refractivity contribution is -0.374. The zero-order valence-corrected chi connectivity index (χ0v) is 8.14. The van der Waals surface area contributed by atoms with Crippen molar-refractivity contribution in [3.8, 4) is 0 Å². The molecule has 0 bridgehead atoms. The summed E-state index contributed by atoms with van der Waals surface area (Å²) in [6.45, 7) is 9.07. The summed E-state index contributed by atoms with van der Waals surface area (Å²) in [6, 6.07) is 0. The maximum absolute atomic E-state index is 4.97. The fraction of sp³-hybridized carbons (Fsp3) is 1.00. The first-order chi connectivity index (χ1) is 5.12. The number of hydrogen-bond acceptors (Lipinski definition) is 2. The van der Waals surface area contributed by atoms with Crippen LogP contribution in [0.1, 0.15) is 47.0 Å². The summed E-state index contributed by atoms with van der Waals surface area (Å²) in [5, 5.41) is 0. The Balaban J connectivity index is 0.000000292. The Morgan fingerprint density at radius 2 is 1.82 bits per heavy atom. The molecule has 2 nitrogen and oxygen atoms in total. The van der Waals surface area contributed by atoms with E-state index in [1.807, 2.05) is 13.8 Å². The number of hydrogen-bond donors (Lipinski definition) is 0. The van der Waals surface area contributed by atoms with E-state index in [0.717, 1.165) is 19.4 Å². The van der Waals surface area contributed by atoms with Crippen molar-refractivity contribution < 1.29 is 9.78 Å². The smallest absolute Gasteiger partial charge is 0.0980 e. The normalized spacial score (nSPS) is 21.8. The molecule has 1 heterocycles. The third-order valence-corrected chi connectivity index (χ3v) is 1.29. The Hall–Kier alpha value is -0.0800. The highest BCUT2D eigenvalue weighted by molar-refractivity contribution is 4.67. The molecule has 68 valence electrons. The standard InChI is InChI=1S/C6H12O2.C3H8/c1-6(2)4-3-5-7-8-6;1-3-2/h3-5H2,1-2H3;3H2,1-2H3. The molecular formula is C9H20O2. The Labute approximate surface area is 69.8 Å². The largest absolute Gasteiger partial charge is 0.236 e. The van der Waals surface area contributed by atoms with Crippen LogP contribution in [0.25, 0.3) is 0 Å². The van der Waals surface area contributed by atoms with Crippen molar-refractivity contribution in [2.75, 3.05) is 6.61 Å². The van der Waals surface area contributed by atoms with Gasteiger partial charge in [0, 0.05) is 0 Å². The van der Waals surface area contributed by atoms with Crippen LogP contribution in [0.4, 0.5) is 0 Å². The third kappa shape index (κ3) is 6.32. The molecule has 0 saturated carbocycles. The second kappa shape index (κ2) is 5.56. The monoisotopic (exact) mass is 160 g/mol. The van der Waals surface area contributed by atoms with E-state index in [1.54, 1.807) is 0 Å². The summed E-state index contributed by atoms with van der Waals surface area (Å²) < 4.78 is 0. The second-order valence-electron chi connectivity index (χ2n) is 3.48. The van der Waals surface area contributed by atoms with Crippen molar-refractivity contribution in [3.05, 3.63) is 0 Å². The van der Waals surface area contributed by atoms with Gasteiger partial charge in [-0.2, -0.15) is 0 Å². The molecule has 0 radical (unpaired) electrons. The minimum Gasteiger partial charge on any atom is -0.236 e. The van der Waals surface area contributed by atoms with Crippen LogP contribution in [0.5, 0.6) is 0 Å². The van der Waals surface area contributed by atoms with E-state index < -0.39 is 0 Å². The zero-order valence-electron chi connectivity index (χ0n) is 8.14. The van der Waals surface area contributed by atoms with Gasteiger partial charge in [-0.1, -0.05) is 20.3 Å². The molecule has 0 aromatic heterocycles. The van der Waals surface area contributed by atoms with Crippen molar-refractivity contribution in [3.63, 3.8) is 0 Å². The van der Waals surface area contributed by atoms with Crippen LogP contribution in [0, 0.1) is 0 Å². The molecule has 1 rings (SSSR count). The summed E-state index contributed by atoms with van der Waals surface area (Å²) in [5.41, 5.74) is -0.0434. The molecule has 1 fully saturated rings. The summed E-state index contributed by atoms with van der Waals surface area (Å²) in [4.78, 5) is 9.75. The molecule has 0 unspecified atom stereocenters. The van der Waals surface area contributed by atoms with E-state index in [1.165, 1.54) is 6.42 Å². The predicted molar refractivity (Wildman–Crippen MR) is 46.3 cm³/mol. The quantitative estimate of drug-likeness (QED) is 0.507. The topological polar surface area (TPSA) is 18.5 Å². The Morgan fingerprint density at radius 3 is 2.00 bits per heavy atom. The van der Waals surface area contributed by atoms with Crippen molar-refractivity contribution >= 4 is 0 Å². The van der Waals surface area contributed by atoms with Crippen LogP contribution in [-0.2, 0) is 9.78 Å². The zero-order chi connectivity index (χ0) is 8.74. The summed E-state index contributed by atoms with van der Waals surface area (Å²) in [6.07, 6.45) is 3.47. The minimum absolute atomic E-state index is 0.0434. The van der Waals surface area contributed by atoms with Crippen molar-refractivity contribution in [2.24, 2.45) is 0 Å². The highest BCUT2D eigenvalue weighted by Gasteiger charge is 2.22. The molecule has 1 aliphatic heterocycles. The summed E-state index contributed by atoms with van der Waals surface area (Å²) in [5.74, 6) is 0. The molecule has 1 aliphatic rings. The van der Waals surface area contributed by atoms with Crippen LogP contribution < -0.4 is 0 Å². The first-order valence-electron chi connectivity index (χ1n) is 4.43. The molecule has 0 aliphatic carbocycles. The maximum atomic E-state index is 4.97. The average Bonchev–Trinajstić information content (AvgIpc) is 1.88. The van der Waals surface area contributed by atoms with Crippen LogP contribution in [0.3, 0.4) is 0 Å². The fourth-order valence-corrected chi connectivity index (χ4v) is 0.800. The second-order valence-corrected chi connectivity index (χ2v) is 3.48. The van der Waals surface area contributed by atoms with E-state index in [4.69, 9.17) is 9.78 Å². The van der Waals surface area contributed by atoms with E-state index in [2.05, 4.69) is 13.8 Å². The van der Waals surface area contributed by atoms with Crippen molar-refractivity contribution in [2.45, 2.75) is 52.6 Å². The van der Waals surface area contributed by atoms with Crippen LogP contribution in [-0.4, -0.2) is 12.2 Å². The Kier molecular flexibility index (Phi) is 5.51. The van der Waals surface area contributed by atoms with Crippen LogP contribution in [0.2, 0.25) is 0 Å². The minimum atomic E-state index is -0.0434. The van der Waals surface area contributed by atoms with Crippen LogP contribution in [0.15, 0.2) is 0 Å². The summed E-state index contributed by atoms with van der Waals surface area (Å²) >= 11 is 0. The molecule has 1 saturated heterocycles. The molecule has 0 aromatic carbocycles. The average molecular weight is 160 g/mol. The van der Waals surface area contributed by atoms with Gasteiger partial charge in [-0.15, -0.1) is 0 Å². The van der Waals surface area contributed by atoms with E-state index >= 15 is 0 Å². The number of rotatable bonds is 0. The fourth-order valence-electron chi connectivity index (χ4n) is 0.800. The molecule has 0 atom stereocenters. The Bertz CT molecular complexity index is 81.6. The SMILES string of the molecule is CC1(C)CCCOO1.CCC. The lowest BCUT2D eigenvalue weighted by atomic mass is 10.0. The van der Waals surface area contributed by atoms with Gasteiger partial charge >= 0.3 is 0 Å². The maximum Gasteiger partial charge on any atom is 0.0980 e. The Morgan fingerprint density at radius 1 is 1.27 bits per heavy atom. The third-order valence-electron chi connectivity index (χ3n) is 1.29. The van der Waals surface area contributed by atoms with Gasteiger partial charge in [0.25, 0.3) is 0 Å². The van der Waals surface area contributed by atoms with E-state index in [0.29, 0.717) is 0 Å². The lowest BCUT2D eigenvalue weighted by Gasteiger charge is -2.27. The van der Waals surface area contributed by atoms with Crippen molar-refractivity contribution in [1.29, 1.82) is 0 Å². The predicted octanol–water partition coefficient (Wildman–Crippen LogP) is 2.92. The van der Waals surface area contributed by atoms with Gasteiger partial charge in [-0.05, 0) is 26.7 Å². The molecule has 0 spiro atoms. The van der Waals surface area contributed by atoms with Crippen molar-refractivity contribution in [1.82, 2.24) is 0 Å². The first-order valence-corrected chi connectivity index (χ1v) is 4.43. The molecule has 0 N–H and O–H groups in total. The van der Waals surface area contributed by atoms with Gasteiger partial charge in [-0.3, -0.25) is 0 Å².